The minimum Gasteiger partial charge on any atom is -0.251 e. The van der Waals surface area contributed by atoms with Gasteiger partial charge in [0.05, 0.1) is 6.67 Å². The van der Waals surface area contributed by atoms with Crippen LogP contribution in [0.5, 0.6) is 0 Å². The average Bonchev–Trinajstić information content (AvgIpc) is 2.84. The maximum atomic E-state index is 13.0. The first-order valence-electron chi connectivity index (χ1n) is 9.85. The summed E-state index contributed by atoms with van der Waals surface area (Å²) in [5.74, 6) is 3.42. The predicted octanol–water partition coefficient (Wildman–Crippen LogP) is 6.32. The summed E-state index contributed by atoms with van der Waals surface area (Å²) >= 11 is 0. The van der Waals surface area contributed by atoms with Gasteiger partial charge in [0.25, 0.3) is 0 Å². The molecule has 0 nitrogen and oxygen atoms in total. The van der Waals surface area contributed by atoms with E-state index in [4.69, 9.17) is 0 Å². The molecule has 0 aromatic carbocycles. The summed E-state index contributed by atoms with van der Waals surface area (Å²) in [5.41, 5.74) is 2.78. The molecule has 6 atom stereocenters. The number of alkyl halides is 1. The lowest BCUT2D eigenvalue weighted by Gasteiger charge is -2.58. The Kier molecular flexibility index (Phi) is 3.70. The molecule has 0 saturated heterocycles. The van der Waals surface area contributed by atoms with Crippen LogP contribution in [-0.2, 0) is 0 Å². The molecule has 1 heteroatoms. The SMILES string of the molecule is C[C@]12CC[C@H]3[C@@H](CCC4=CCCC[C@@]43C)[C@@H]1CC[C@@H]2CCF. The number of rotatable bonds is 2. The molecular weight excluding hydrogens is 271 g/mol. The second-order valence-electron chi connectivity index (χ2n) is 9.25. The van der Waals surface area contributed by atoms with E-state index in [2.05, 4.69) is 19.9 Å². The second-order valence-corrected chi connectivity index (χ2v) is 9.25. The lowest BCUT2D eigenvalue weighted by Crippen LogP contribution is -2.50. The Morgan fingerprint density at radius 3 is 2.77 bits per heavy atom. The topological polar surface area (TPSA) is 0 Å². The molecule has 0 aromatic rings. The van der Waals surface area contributed by atoms with E-state index in [0.29, 0.717) is 16.7 Å². The van der Waals surface area contributed by atoms with Crippen LogP contribution in [0, 0.1) is 34.5 Å². The molecule has 0 heterocycles. The molecule has 0 N–H and O–H groups in total. The highest BCUT2D eigenvalue weighted by molar-refractivity contribution is 5.23. The predicted molar refractivity (Wildman–Crippen MR) is 90.4 cm³/mol. The van der Waals surface area contributed by atoms with E-state index in [-0.39, 0.29) is 6.67 Å². The highest BCUT2D eigenvalue weighted by atomic mass is 19.1. The standard InChI is InChI=1S/C21H33F/c1-20-12-4-3-5-15(20)6-8-17-18-9-7-16(11-14-22)21(18,2)13-10-19(17)20/h5,16-19H,3-4,6-14H2,1-2H3/t16-,17+,18+,19+,20+,21-/m1/s1. The molecule has 0 amide bonds. The first kappa shape index (κ1) is 15.2. The van der Waals surface area contributed by atoms with E-state index in [1.165, 1.54) is 57.8 Å². The molecule has 3 fully saturated rings. The summed E-state index contributed by atoms with van der Waals surface area (Å²) in [6, 6.07) is 0. The number of hydrogen-bond donors (Lipinski definition) is 0. The first-order chi connectivity index (χ1) is 10.6. The molecular formula is C21H33F. The lowest BCUT2D eigenvalue weighted by atomic mass is 9.47. The molecule has 0 radical (unpaired) electrons. The van der Waals surface area contributed by atoms with E-state index in [1.807, 2.05) is 5.57 Å². The van der Waals surface area contributed by atoms with E-state index < -0.39 is 0 Å². The van der Waals surface area contributed by atoms with Crippen LogP contribution >= 0.6 is 0 Å². The summed E-state index contributed by atoms with van der Waals surface area (Å²) in [5, 5.41) is 0. The molecule has 0 unspecified atom stereocenters. The van der Waals surface area contributed by atoms with Gasteiger partial charge in [-0.15, -0.1) is 0 Å². The molecule has 4 aliphatic rings. The van der Waals surface area contributed by atoms with Gasteiger partial charge in [-0.1, -0.05) is 25.5 Å². The average molecular weight is 304 g/mol. The summed E-state index contributed by atoms with van der Waals surface area (Å²) in [6.45, 7) is 5.01. The number of hydrogen-bond acceptors (Lipinski definition) is 0. The van der Waals surface area contributed by atoms with Crippen LogP contribution in [0.15, 0.2) is 11.6 Å². The van der Waals surface area contributed by atoms with Gasteiger partial charge < -0.3 is 0 Å². The molecule has 0 bridgehead atoms. The Morgan fingerprint density at radius 1 is 1.09 bits per heavy atom. The van der Waals surface area contributed by atoms with Crippen molar-refractivity contribution in [3.63, 3.8) is 0 Å². The van der Waals surface area contributed by atoms with Crippen molar-refractivity contribution in [3.8, 4) is 0 Å². The lowest BCUT2D eigenvalue weighted by molar-refractivity contribution is -0.0527. The van der Waals surface area contributed by atoms with Gasteiger partial charge in [-0.2, -0.15) is 0 Å². The molecule has 0 aliphatic heterocycles. The smallest absolute Gasteiger partial charge is 0.0897 e. The third-order valence-electron chi connectivity index (χ3n) is 8.68. The van der Waals surface area contributed by atoms with Crippen molar-refractivity contribution in [1.29, 1.82) is 0 Å². The van der Waals surface area contributed by atoms with Crippen molar-refractivity contribution in [3.05, 3.63) is 11.6 Å². The summed E-state index contributed by atoms with van der Waals surface area (Å²) < 4.78 is 13.0. The Labute approximate surface area is 135 Å². The van der Waals surface area contributed by atoms with Crippen molar-refractivity contribution in [2.75, 3.05) is 6.67 Å². The fraction of sp³-hybridized carbons (Fsp3) is 0.905. The Bertz CT molecular complexity index is 467. The third kappa shape index (κ3) is 1.99. The van der Waals surface area contributed by atoms with Gasteiger partial charge in [0.1, 0.15) is 0 Å². The van der Waals surface area contributed by atoms with Crippen molar-refractivity contribution in [2.24, 2.45) is 34.5 Å². The number of fused-ring (bicyclic) bond motifs is 5. The van der Waals surface area contributed by atoms with Gasteiger partial charge in [-0.05, 0) is 98.7 Å². The molecule has 0 aromatic heterocycles. The zero-order valence-corrected chi connectivity index (χ0v) is 14.5. The van der Waals surface area contributed by atoms with Crippen LogP contribution in [0.4, 0.5) is 4.39 Å². The van der Waals surface area contributed by atoms with Gasteiger partial charge in [-0.3, -0.25) is 4.39 Å². The zero-order valence-electron chi connectivity index (χ0n) is 14.5. The molecule has 3 saturated carbocycles. The number of halogens is 1. The molecule has 22 heavy (non-hydrogen) atoms. The second kappa shape index (κ2) is 5.35. The highest BCUT2D eigenvalue weighted by Gasteiger charge is 2.58. The van der Waals surface area contributed by atoms with Crippen LogP contribution in [0.1, 0.15) is 78.1 Å². The monoisotopic (exact) mass is 304 g/mol. The van der Waals surface area contributed by atoms with Gasteiger partial charge in [0.15, 0.2) is 0 Å². The van der Waals surface area contributed by atoms with Crippen LogP contribution in [0.25, 0.3) is 0 Å². The maximum Gasteiger partial charge on any atom is 0.0897 e. The minimum atomic E-state index is -0.105. The summed E-state index contributed by atoms with van der Waals surface area (Å²) in [7, 11) is 0. The zero-order chi connectivity index (χ0) is 15.4. The van der Waals surface area contributed by atoms with Gasteiger partial charge in [-0.25, -0.2) is 0 Å². The van der Waals surface area contributed by atoms with Crippen molar-refractivity contribution in [1.82, 2.24) is 0 Å². The Hall–Kier alpha value is -0.330. The molecule has 124 valence electrons. The van der Waals surface area contributed by atoms with Crippen LogP contribution in [-0.4, -0.2) is 6.67 Å². The van der Waals surface area contributed by atoms with Crippen LogP contribution in [0.2, 0.25) is 0 Å². The van der Waals surface area contributed by atoms with Gasteiger partial charge >= 0.3 is 0 Å². The Morgan fingerprint density at radius 2 is 1.95 bits per heavy atom. The van der Waals surface area contributed by atoms with E-state index in [9.17, 15) is 4.39 Å². The third-order valence-corrected chi connectivity index (χ3v) is 8.68. The largest absolute Gasteiger partial charge is 0.251 e. The minimum absolute atomic E-state index is 0.105. The van der Waals surface area contributed by atoms with Crippen molar-refractivity contribution in [2.45, 2.75) is 78.1 Å². The summed E-state index contributed by atoms with van der Waals surface area (Å²) in [4.78, 5) is 0. The fourth-order valence-corrected chi connectivity index (χ4v) is 7.47. The summed E-state index contributed by atoms with van der Waals surface area (Å²) in [6.07, 6.45) is 15.8. The molecule has 4 aliphatic carbocycles. The molecule has 0 spiro atoms. The Balaban J connectivity index is 1.62. The highest BCUT2D eigenvalue weighted by Crippen LogP contribution is 2.67. The maximum absolute atomic E-state index is 13.0. The number of allylic oxidation sites excluding steroid dienone is 2. The van der Waals surface area contributed by atoms with Gasteiger partial charge in [0, 0.05) is 0 Å². The van der Waals surface area contributed by atoms with E-state index in [1.54, 1.807) is 0 Å². The van der Waals surface area contributed by atoms with Gasteiger partial charge in [0.2, 0.25) is 0 Å². The quantitative estimate of drug-likeness (QED) is 0.524. The van der Waals surface area contributed by atoms with E-state index >= 15 is 0 Å². The van der Waals surface area contributed by atoms with Crippen molar-refractivity contribution >= 4 is 0 Å². The van der Waals surface area contributed by atoms with E-state index in [0.717, 1.165) is 24.2 Å². The molecule has 4 rings (SSSR count). The normalized spacial score (nSPS) is 50.8. The van der Waals surface area contributed by atoms with Crippen molar-refractivity contribution < 1.29 is 4.39 Å². The van der Waals surface area contributed by atoms with Crippen LogP contribution < -0.4 is 0 Å². The first-order valence-corrected chi connectivity index (χ1v) is 9.85. The fourth-order valence-electron chi connectivity index (χ4n) is 7.47. The van der Waals surface area contributed by atoms with Crippen LogP contribution in [0.3, 0.4) is 0 Å².